The fourth-order valence-corrected chi connectivity index (χ4v) is 4.76. The van der Waals surface area contributed by atoms with Crippen molar-refractivity contribution in [2.75, 3.05) is 63.8 Å². The number of rotatable bonds is 7. The SMILES string of the molecule is CCc1ccccc1N1CCN(C(=O)c2coc(CN3CCN(CC(C)(C)O)CC3)n2)CC1. The summed E-state index contributed by atoms with van der Waals surface area (Å²) in [4.78, 5) is 26.3. The number of carbonyl (C=O) groups is 1. The molecule has 0 atom stereocenters. The summed E-state index contributed by atoms with van der Waals surface area (Å²) >= 11 is 0. The lowest BCUT2D eigenvalue weighted by molar-refractivity contribution is 0.0156. The summed E-state index contributed by atoms with van der Waals surface area (Å²) in [6.07, 6.45) is 2.51. The summed E-state index contributed by atoms with van der Waals surface area (Å²) in [6.45, 7) is 13.7. The molecule has 1 aromatic heterocycles. The minimum absolute atomic E-state index is 0.0524. The van der Waals surface area contributed by atoms with Crippen LogP contribution in [0.25, 0.3) is 0 Å². The monoisotopic (exact) mass is 455 g/mol. The number of aromatic nitrogens is 1. The van der Waals surface area contributed by atoms with Crippen LogP contribution in [0.15, 0.2) is 34.9 Å². The number of aliphatic hydroxyl groups is 1. The number of piperazine rings is 2. The molecule has 33 heavy (non-hydrogen) atoms. The Balaban J connectivity index is 1.27. The highest BCUT2D eigenvalue weighted by Gasteiger charge is 2.27. The lowest BCUT2D eigenvalue weighted by Gasteiger charge is -2.36. The minimum Gasteiger partial charge on any atom is -0.447 e. The van der Waals surface area contributed by atoms with Gasteiger partial charge in [0.2, 0.25) is 5.89 Å². The highest BCUT2D eigenvalue weighted by Crippen LogP contribution is 2.23. The van der Waals surface area contributed by atoms with E-state index in [4.69, 9.17) is 4.42 Å². The molecule has 0 aliphatic carbocycles. The Labute approximate surface area is 196 Å². The van der Waals surface area contributed by atoms with Crippen molar-refractivity contribution < 1.29 is 14.3 Å². The van der Waals surface area contributed by atoms with Gasteiger partial charge in [-0.2, -0.15) is 0 Å². The molecule has 3 heterocycles. The fraction of sp³-hybridized carbons (Fsp3) is 0.600. The third-order valence-corrected chi connectivity index (χ3v) is 6.49. The number of anilines is 1. The van der Waals surface area contributed by atoms with Crippen LogP contribution in [0.3, 0.4) is 0 Å². The zero-order valence-corrected chi connectivity index (χ0v) is 20.2. The standard InChI is InChI=1S/C25H37N5O3/c1-4-20-7-5-6-8-22(20)29-13-15-30(16-14-29)24(31)21-18-33-23(26-21)17-27-9-11-28(12-10-27)19-25(2,3)32/h5-8,18,32H,4,9-17,19H2,1-3H3. The van der Waals surface area contributed by atoms with Crippen LogP contribution in [-0.4, -0.2) is 95.2 Å². The molecule has 0 spiro atoms. The van der Waals surface area contributed by atoms with Crippen LogP contribution in [0, 0.1) is 0 Å². The number of hydrogen-bond donors (Lipinski definition) is 1. The Hall–Kier alpha value is -2.42. The number of β-amino-alcohol motifs (C(OH)–C–C–N with tert-alkyl or cyclic N) is 1. The first-order valence-electron chi connectivity index (χ1n) is 12.1. The smallest absolute Gasteiger partial charge is 0.275 e. The number of oxazole rings is 1. The Morgan fingerprint density at radius 3 is 2.36 bits per heavy atom. The zero-order chi connectivity index (χ0) is 23.4. The molecule has 180 valence electrons. The van der Waals surface area contributed by atoms with E-state index >= 15 is 0 Å². The molecule has 0 radical (unpaired) electrons. The summed E-state index contributed by atoms with van der Waals surface area (Å²) in [6, 6.07) is 8.51. The number of amides is 1. The number of para-hydroxylation sites is 1. The van der Waals surface area contributed by atoms with Crippen molar-refractivity contribution in [3.05, 3.63) is 47.7 Å². The van der Waals surface area contributed by atoms with Crippen LogP contribution < -0.4 is 4.90 Å². The maximum Gasteiger partial charge on any atom is 0.275 e. The van der Waals surface area contributed by atoms with Crippen LogP contribution in [0.5, 0.6) is 0 Å². The molecule has 8 nitrogen and oxygen atoms in total. The Bertz CT molecular complexity index is 922. The molecule has 1 aromatic carbocycles. The fourth-order valence-electron chi connectivity index (χ4n) is 4.76. The highest BCUT2D eigenvalue weighted by molar-refractivity contribution is 5.92. The molecule has 2 aromatic rings. The van der Waals surface area contributed by atoms with Gasteiger partial charge >= 0.3 is 0 Å². The van der Waals surface area contributed by atoms with Crippen molar-refractivity contribution in [2.24, 2.45) is 0 Å². The summed E-state index contributed by atoms with van der Waals surface area (Å²) in [7, 11) is 0. The van der Waals surface area contributed by atoms with Gasteiger partial charge < -0.3 is 19.3 Å². The molecule has 4 rings (SSSR count). The van der Waals surface area contributed by atoms with Gasteiger partial charge in [0, 0.05) is 64.6 Å². The summed E-state index contributed by atoms with van der Waals surface area (Å²) in [5, 5.41) is 10.0. The van der Waals surface area contributed by atoms with Gasteiger partial charge in [-0.25, -0.2) is 4.98 Å². The minimum atomic E-state index is -0.676. The molecular formula is C25H37N5O3. The molecule has 1 N–H and O–H groups in total. The van der Waals surface area contributed by atoms with Crippen molar-refractivity contribution >= 4 is 11.6 Å². The van der Waals surface area contributed by atoms with Crippen molar-refractivity contribution in [3.63, 3.8) is 0 Å². The van der Waals surface area contributed by atoms with Crippen LogP contribution in [0.1, 0.15) is 42.7 Å². The molecule has 0 bridgehead atoms. The van der Waals surface area contributed by atoms with E-state index in [-0.39, 0.29) is 5.91 Å². The largest absolute Gasteiger partial charge is 0.447 e. The van der Waals surface area contributed by atoms with Gasteiger partial charge in [-0.1, -0.05) is 25.1 Å². The first-order valence-corrected chi connectivity index (χ1v) is 12.1. The molecule has 2 fully saturated rings. The molecule has 2 aliphatic rings. The number of hydrogen-bond acceptors (Lipinski definition) is 7. The van der Waals surface area contributed by atoms with Crippen molar-refractivity contribution in [1.82, 2.24) is 19.7 Å². The average Bonchev–Trinajstić information content (AvgIpc) is 3.27. The molecular weight excluding hydrogens is 418 g/mol. The van der Waals surface area contributed by atoms with E-state index in [1.807, 2.05) is 18.7 Å². The zero-order valence-electron chi connectivity index (χ0n) is 20.2. The van der Waals surface area contributed by atoms with E-state index in [9.17, 15) is 9.90 Å². The van der Waals surface area contributed by atoms with Gasteiger partial charge in [-0.15, -0.1) is 0 Å². The maximum absolute atomic E-state index is 13.0. The number of benzene rings is 1. The van der Waals surface area contributed by atoms with E-state index in [1.165, 1.54) is 17.5 Å². The first kappa shape index (κ1) is 23.7. The van der Waals surface area contributed by atoms with Gasteiger partial charge in [0.15, 0.2) is 5.69 Å². The Morgan fingerprint density at radius 1 is 1.03 bits per heavy atom. The van der Waals surface area contributed by atoms with E-state index in [2.05, 4.69) is 50.9 Å². The van der Waals surface area contributed by atoms with Crippen LogP contribution in [-0.2, 0) is 13.0 Å². The van der Waals surface area contributed by atoms with Gasteiger partial charge in [-0.05, 0) is 31.9 Å². The van der Waals surface area contributed by atoms with E-state index in [0.29, 0.717) is 37.8 Å². The van der Waals surface area contributed by atoms with Crippen molar-refractivity contribution in [3.8, 4) is 0 Å². The predicted octanol–water partition coefficient (Wildman–Crippen LogP) is 2.09. The predicted molar refractivity (Wildman–Crippen MR) is 128 cm³/mol. The number of aryl methyl sites for hydroxylation is 1. The molecule has 0 saturated carbocycles. The van der Waals surface area contributed by atoms with Gasteiger partial charge in [-0.3, -0.25) is 14.6 Å². The topological polar surface area (TPSA) is 76.3 Å². The van der Waals surface area contributed by atoms with E-state index in [0.717, 1.165) is 45.7 Å². The summed E-state index contributed by atoms with van der Waals surface area (Å²) in [5.74, 6) is 0.535. The molecule has 2 saturated heterocycles. The quantitative estimate of drug-likeness (QED) is 0.685. The highest BCUT2D eigenvalue weighted by atomic mass is 16.3. The van der Waals surface area contributed by atoms with Gasteiger partial charge in [0.1, 0.15) is 6.26 Å². The Kier molecular flexibility index (Phi) is 7.36. The van der Waals surface area contributed by atoms with Crippen molar-refractivity contribution in [2.45, 2.75) is 39.3 Å². The number of nitrogens with zero attached hydrogens (tertiary/aromatic N) is 5. The van der Waals surface area contributed by atoms with E-state index < -0.39 is 5.60 Å². The maximum atomic E-state index is 13.0. The summed E-state index contributed by atoms with van der Waals surface area (Å²) in [5.41, 5.74) is 2.34. The van der Waals surface area contributed by atoms with Crippen LogP contribution >= 0.6 is 0 Å². The van der Waals surface area contributed by atoms with E-state index in [1.54, 1.807) is 0 Å². The average molecular weight is 456 g/mol. The lowest BCUT2D eigenvalue weighted by Crippen LogP contribution is -2.50. The second kappa shape index (κ2) is 10.2. The van der Waals surface area contributed by atoms with Crippen LogP contribution in [0.2, 0.25) is 0 Å². The molecule has 0 unspecified atom stereocenters. The summed E-state index contributed by atoms with van der Waals surface area (Å²) < 4.78 is 5.64. The first-order chi connectivity index (χ1) is 15.8. The molecule has 2 aliphatic heterocycles. The van der Waals surface area contributed by atoms with Crippen molar-refractivity contribution in [1.29, 1.82) is 0 Å². The second-order valence-corrected chi connectivity index (χ2v) is 9.75. The number of carbonyl (C=O) groups excluding carboxylic acids is 1. The second-order valence-electron chi connectivity index (χ2n) is 9.75. The Morgan fingerprint density at radius 2 is 1.70 bits per heavy atom. The third-order valence-electron chi connectivity index (χ3n) is 6.49. The van der Waals surface area contributed by atoms with Crippen LogP contribution in [0.4, 0.5) is 5.69 Å². The third kappa shape index (κ3) is 6.13. The van der Waals surface area contributed by atoms with Gasteiger partial charge in [0.25, 0.3) is 5.91 Å². The normalized spacial score (nSPS) is 18.7. The van der Waals surface area contributed by atoms with Gasteiger partial charge in [0.05, 0.1) is 12.1 Å². The lowest BCUT2D eigenvalue weighted by atomic mass is 10.1. The molecule has 8 heteroatoms. The molecule has 1 amide bonds.